The minimum Gasteiger partial charge on any atom is -0.497 e. The third kappa shape index (κ3) is 2.38. The highest BCUT2D eigenvalue weighted by atomic mass is 79.9. The van der Waals surface area contributed by atoms with Gasteiger partial charge in [-0.25, -0.2) is 0 Å². The Balaban J connectivity index is 1.85. The maximum Gasteiger partial charge on any atom is 0.166 e. The quantitative estimate of drug-likeness (QED) is 0.848. The van der Waals surface area contributed by atoms with Gasteiger partial charge >= 0.3 is 0 Å². The van der Waals surface area contributed by atoms with Crippen molar-refractivity contribution >= 4 is 21.7 Å². The molecule has 0 N–H and O–H groups in total. The lowest BCUT2D eigenvalue weighted by Gasteiger charge is -2.09. The van der Waals surface area contributed by atoms with Crippen molar-refractivity contribution in [3.8, 4) is 5.75 Å². The third-order valence-corrected chi connectivity index (χ3v) is 4.61. The summed E-state index contributed by atoms with van der Waals surface area (Å²) in [6.45, 7) is 0. The number of methoxy groups -OCH3 is 1. The van der Waals surface area contributed by atoms with Crippen LogP contribution in [0.3, 0.4) is 0 Å². The first kappa shape index (κ1) is 13.4. The van der Waals surface area contributed by atoms with Crippen molar-refractivity contribution in [2.45, 2.75) is 12.8 Å². The molecule has 1 aliphatic rings. The van der Waals surface area contributed by atoms with Gasteiger partial charge in [0.05, 0.1) is 7.11 Å². The van der Waals surface area contributed by atoms with E-state index in [1.54, 1.807) is 7.11 Å². The van der Waals surface area contributed by atoms with Crippen LogP contribution in [0.5, 0.6) is 5.75 Å². The molecule has 3 heteroatoms. The Bertz CT molecular complexity index is 664. The van der Waals surface area contributed by atoms with E-state index in [0.29, 0.717) is 0 Å². The van der Waals surface area contributed by atoms with Crippen molar-refractivity contribution in [2.24, 2.45) is 5.92 Å². The molecule has 2 aromatic carbocycles. The highest BCUT2D eigenvalue weighted by Gasteiger charge is 2.31. The second-order valence-electron chi connectivity index (χ2n) is 5.08. The summed E-state index contributed by atoms with van der Waals surface area (Å²) in [6.07, 6.45) is 1.57. The van der Waals surface area contributed by atoms with Gasteiger partial charge in [0.15, 0.2) is 5.78 Å². The number of fused-ring (bicyclic) bond motifs is 1. The molecule has 20 heavy (non-hydrogen) atoms. The molecule has 1 atom stereocenters. The van der Waals surface area contributed by atoms with Gasteiger partial charge in [0.2, 0.25) is 0 Å². The van der Waals surface area contributed by atoms with Gasteiger partial charge in [0, 0.05) is 16.0 Å². The number of hydrogen-bond donors (Lipinski definition) is 0. The van der Waals surface area contributed by atoms with Crippen molar-refractivity contribution < 1.29 is 9.53 Å². The first-order valence-electron chi connectivity index (χ1n) is 6.63. The van der Waals surface area contributed by atoms with Gasteiger partial charge in [0.25, 0.3) is 0 Å². The lowest BCUT2D eigenvalue weighted by atomic mass is 9.96. The normalized spacial score (nSPS) is 17.1. The Kier molecular flexibility index (Phi) is 3.62. The maximum absolute atomic E-state index is 12.5. The molecule has 0 amide bonds. The predicted octanol–water partition coefficient (Wildman–Crippen LogP) is 4.06. The second-order valence-corrected chi connectivity index (χ2v) is 5.94. The zero-order chi connectivity index (χ0) is 14.1. The summed E-state index contributed by atoms with van der Waals surface area (Å²) in [5.41, 5.74) is 3.14. The molecule has 2 aromatic rings. The van der Waals surface area contributed by atoms with Crippen molar-refractivity contribution in [3.63, 3.8) is 0 Å². The summed E-state index contributed by atoms with van der Waals surface area (Å²) in [7, 11) is 1.65. The van der Waals surface area contributed by atoms with E-state index < -0.39 is 0 Å². The first-order chi connectivity index (χ1) is 9.69. The SMILES string of the molecule is COc1ccc2c(c1)CC(Cc1ccccc1Br)C2=O. The van der Waals surface area contributed by atoms with Gasteiger partial charge in [-0.1, -0.05) is 34.1 Å². The van der Waals surface area contributed by atoms with Crippen molar-refractivity contribution in [1.29, 1.82) is 0 Å². The second kappa shape index (κ2) is 5.41. The molecule has 0 heterocycles. The van der Waals surface area contributed by atoms with Crippen LogP contribution in [-0.4, -0.2) is 12.9 Å². The van der Waals surface area contributed by atoms with E-state index >= 15 is 0 Å². The van der Waals surface area contributed by atoms with Gasteiger partial charge in [-0.3, -0.25) is 4.79 Å². The number of ketones is 1. The number of ether oxygens (including phenoxy) is 1. The smallest absolute Gasteiger partial charge is 0.166 e. The molecule has 0 spiro atoms. The van der Waals surface area contributed by atoms with Crippen LogP contribution in [0.4, 0.5) is 0 Å². The average molecular weight is 331 g/mol. The van der Waals surface area contributed by atoms with E-state index in [9.17, 15) is 4.79 Å². The van der Waals surface area contributed by atoms with Crippen LogP contribution in [0, 0.1) is 5.92 Å². The molecule has 1 unspecified atom stereocenters. The molecular weight excluding hydrogens is 316 g/mol. The molecule has 0 fully saturated rings. The molecule has 0 radical (unpaired) electrons. The van der Waals surface area contributed by atoms with Crippen LogP contribution in [0.15, 0.2) is 46.9 Å². The molecule has 0 aliphatic heterocycles. The summed E-state index contributed by atoms with van der Waals surface area (Å²) in [5.74, 6) is 1.10. The minimum absolute atomic E-state index is 0.0378. The summed E-state index contributed by atoms with van der Waals surface area (Å²) in [5, 5.41) is 0. The highest BCUT2D eigenvalue weighted by molar-refractivity contribution is 9.10. The molecular formula is C17H15BrO2. The van der Waals surface area contributed by atoms with E-state index in [1.807, 2.05) is 36.4 Å². The minimum atomic E-state index is 0.0378. The van der Waals surface area contributed by atoms with Crippen molar-refractivity contribution in [1.82, 2.24) is 0 Å². The lowest BCUT2D eigenvalue weighted by molar-refractivity contribution is 0.0936. The Hall–Kier alpha value is -1.61. The number of Topliss-reactive ketones (excluding diaryl/α,β-unsaturated/α-hetero) is 1. The number of carbonyl (C=O) groups excluding carboxylic acids is 1. The monoisotopic (exact) mass is 330 g/mol. The molecule has 3 rings (SSSR count). The molecule has 0 saturated carbocycles. The highest BCUT2D eigenvalue weighted by Crippen LogP contribution is 2.32. The molecule has 2 nitrogen and oxygen atoms in total. The fourth-order valence-electron chi connectivity index (χ4n) is 2.78. The van der Waals surface area contributed by atoms with E-state index in [-0.39, 0.29) is 11.7 Å². The summed E-state index contributed by atoms with van der Waals surface area (Å²) in [6, 6.07) is 13.8. The third-order valence-electron chi connectivity index (χ3n) is 3.84. The number of benzene rings is 2. The fraction of sp³-hybridized carbons (Fsp3) is 0.235. The van der Waals surface area contributed by atoms with Gasteiger partial charge in [-0.15, -0.1) is 0 Å². The zero-order valence-electron chi connectivity index (χ0n) is 11.2. The lowest BCUT2D eigenvalue weighted by Crippen LogP contribution is -2.12. The Morgan fingerprint density at radius 3 is 2.80 bits per heavy atom. The van der Waals surface area contributed by atoms with Crippen molar-refractivity contribution in [3.05, 3.63) is 63.6 Å². The number of hydrogen-bond acceptors (Lipinski definition) is 2. The maximum atomic E-state index is 12.5. The average Bonchev–Trinajstić information content (AvgIpc) is 2.77. The van der Waals surface area contributed by atoms with Crippen LogP contribution < -0.4 is 4.74 Å². The van der Waals surface area contributed by atoms with E-state index in [0.717, 1.165) is 34.2 Å². The first-order valence-corrected chi connectivity index (χ1v) is 7.43. The molecule has 0 saturated heterocycles. The van der Waals surface area contributed by atoms with E-state index in [1.165, 1.54) is 5.56 Å². The summed E-state index contributed by atoms with van der Waals surface area (Å²) in [4.78, 5) is 12.5. The standard InChI is InChI=1S/C17H15BrO2/c1-20-14-6-7-15-12(10-14)9-13(17(15)19)8-11-4-2-3-5-16(11)18/h2-7,10,13H,8-9H2,1H3. The van der Waals surface area contributed by atoms with Gasteiger partial charge in [0.1, 0.15) is 5.75 Å². The number of carbonyl (C=O) groups is 1. The number of rotatable bonds is 3. The molecule has 0 bridgehead atoms. The van der Waals surface area contributed by atoms with E-state index in [4.69, 9.17) is 4.74 Å². The van der Waals surface area contributed by atoms with E-state index in [2.05, 4.69) is 22.0 Å². The zero-order valence-corrected chi connectivity index (χ0v) is 12.8. The summed E-state index contributed by atoms with van der Waals surface area (Å²) >= 11 is 3.55. The molecule has 1 aliphatic carbocycles. The predicted molar refractivity (Wildman–Crippen MR) is 82.4 cm³/mol. The largest absolute Gasteiger partial charge is 0.497 e. The fourth-order valence-corrected chi connectivity index (χ4v) is 3.23. The van der Waals surface area contributed by atoms with Crippen molar-refractivity contribution in [2.75, 3.05) is 7.11 Å². The Morgan fingerprint density at radius 1 is 1.25 bits per heavy atom. The van der Waals surface area contributed by atoms with Gasteiger partial charge in [-0.05, 0) is 48.2 Å². The Labute approximate surface area is 126 Å². The van der Waals surface area contributed by atoms with Crippen LogP contribution >= 0.6 is 15.9 Å². The summed E-state index contributed by atoms with van der Waals surface area (Å²) < 4.78 is 6.30. The van der Waals surface area contributed by atoms with Crippen LogP contribution in [0.2, 0.25) is 0 Å². The Morgan fingerprint density at radius 2 is 2.05 bits per heavy atom. The van der Waals surface area contributed by atoms with Gasteiger partial charge in [-0.2, -0.15) is 0 Å². The van der Waals surface area contributed by atoms with Crippen LogP contribution in [0.25, 0.3) is 0 Å². The topological polar surface area (TPSA) is 26.3 Å². The molecule has 0 aromatic heterocycles. The van der Waals surface area contributed by atoms with Crippen LogP contribution in [0.1, 0.15) is 21.5 Å². The van der Waals surface area contributed by atoms with Crippen LogP contribution in [-0.2, 0) is 12.8 Å². The van der Waals surface area contributed by atoms with Gasteiger partial charge < -0.3 is 4.74 Å². The molecule has 102 valence electrons. The number of halogens is 1.